The molecule has 0 aromatic carbocycles. The number of amides is 1. The Hall–Kier alpha value is -1.50. The molecular formula is C17H26N4O2. The number of aromatic nitrogens is 1. The molecule has 0 unspecified atom stereocenters. The van der Waals surface area contributed by atoms with Crippen LogP contribution < -0.4 is 10.6 Å². The first-order chi connectivity index (χ1) is 11.2. The van der Waals surface area contributed by atoms with E-state index in [4.69, 9.17) is 4.74 Å². The lowest BCUT2D eigenvalue weighted by atomic mass is 9.93. The molecule has 2 fully saturated rings. The van der Waals surface area contributed by atoms with Gasteiger partial charge in [-0.2, -0.15) is 0 Å². The Bertz CT molecular complexity index is 505. The Kier molecular flexibility index (Phi) is 5.59. The number of nitrogens with zero attached hydrogens (tertiary/aromatic N) is 2. The molecule has 0 saturated carbocycles. The number of nitrogens with one attached hydrogen (secondary N) is 2. The number of rotatable bonds is 4. The maximum Gasteiger partial charge on any atom is 0.239 e. The number of morpholine rings is 1. The topological polar surface area (TPSA) is 66.5 Å². The van der Waals surface area contributed by atoms with E-state index in [1.54, 1.807) is 0 Å². The minimum Gasteiger partial charge on any atom is -0.378 e. The highest BCUT2D eigenvalue weighted by Gasteiger charge is 2.30. The van der Waals surface area contributed by atoms with Gasteiger partial charge in [0, 0.05) is 38.4 Å². The quantitative estimate of drug-likeness (QED) is 0.841. The molecule has 1 aromatic rings. The van der Waals surface area contributed by atoms with Gasteiger partial charge in [-0.1, -0.05) is 13.0 Å². The minimum atomic E-state index is -0.206. The molecule has 3 rings (SSSR count). The van der Waals surface area contributed by atoms with Crippen LogP contribution in [0.4, 0.5) is 0 Å². The summed E-state index contributed by atoms with van der Waals surface area (Å²) in [5.41, 5.74) is 1.10. The standard InChI is InChI=1S/C17H26N4O2/c1-13-10-21(11-14-4-2-3-6-18-14)8-5-15(13)20-17(22)16-12-23-9-7-19-16/h2-4,6,13,15-16,19H,5,7-12H2,1H3,(H,20,22)/t13-,15-,16-/m1/s1. The molecule has 23 heavy (non-hydrogen) atoms. The third kappa shape index (κ3) is 4.50. The van der Waals surface area contributed by atoms with Crippen molar-refractivity contribution in [1.82, 2.24) is 20.5 Å². The molecule has 2 saturated heterocycles. The summed E-state index contributed by atoms with van der Waals surface area (Å²) in [7, 11) is 0. The van der Waals surface area contributed by atoms with Gasteiger partial charge in [-0.3, -0.25) is 14.7 Å². The van der Waals surface area contributed by atoms with E-state index < -0.39 is 0 Å². The van der Waals surface area contributed by atoms with E-state index in [9.17, 15) is 4.79 Å². The van der Waals surface area contributed by atoms with Crippen molar-refractivity contribution in [2.45, 2.75) is 32.0 Å². The van der Waals surface area contributed by atoms with Crippen LogP contribution in [0, 0.1) is 5.92 Å². The van der Waals surface area contributed by atoms with Crippen molar-refractivity contribution in [3.8, 4) is 0 Å². The van der Waals surface area contributed by atoms with E-state index in [0.29, 0.717) is 19.1 Å². The Morgan fingerprint density at radius 3 is 3.13 bits per heavy atom. The number of hydrogen-bond donors (Lipinski definition) is 2. The molecule has 0 bridgehead atoms. The molecular weight excluding hydrogens is 292 g/mol. The minimum absolute atomic E-state index is 0.0692. The van der Waals surface area contributed by atoms with Crippen molar-refractivity contribution in [1.29, 1.82) is 0 Å². The van der Waals surface area contributed by atoms with Crippen LogP contribution in [0.2, 0.25) is 0 Å². The highest BCUT2D eigenvalue weighted by molar-refractivity contribution is 5.82. The number of ether oxygens (including phenoxy) is 1. The van der Waals surface area contributed by atoms with Crippen LogP contribution in [0.5, 0.6) is 0 Å². The second-order valence-electron chi connectivity index (χ2n) is 6.52. The van der Waals surface area contributed by atoms with E-state index in [1.165, 1.54) is 0 Å². The van der Waals surface area contributed by atoms with Gasteiger partial charge in [0.05, 0.1) is 18.9 Å². The second kappa shape index (κ2) is 7.86. The zero-order chi connectivity index (χ0) is 16.1. The lowest BCUT2D eigenvalue weighted by Gasteiger charge is -2.38. The molecule has 0 radical (unpaired) electrons. The highest BCUT2D eigenvalue weighted by atomic mass is 16.5. The van der Waals surface area contributed by atoms with Crippen LogP contribution >= 0.6 is 0 Å². The predicted octanol–water partition coefficient (Wildman–Crippen LogP) is 0.397. The summed E-state index contributed by atoms with van der Waals surface area (Å²) in [5.74, 6) is 0.501. The van der Waals surface area contributed by atoms with Crippen LogP contribution in [0.25, 0.3) is 0 Å². The summed E-state index contributed by atoms with van der Waals surface area (Å²) in [6, 6.07) is 6.07. The molecule has 1 amide bonds. The molecule has 3 heterocycles. The van der Waals surface area contributed by atoms with Crippen LogP contribution in [-0.4, -0.2) is 60.7 Å². The van der Waals surface area contributed by atoms with E-state index in [2.05, 4.69) is 33.5 Å². The summed E-state index contributed by atoms with van der Waals surface area (Å²) in [6.45, 7) is 6.96. The molecule has 6 nitrogen and oxygen atoms in total. The normalized spacial score (nSPS) is 29.2. The first-order valence-corrected chi connectivity index (χ1v) is 8.46. The average Bonchev–Trinajstić information content (AvgIpc) is 2.59. The van der Waals surface area contributed by atoms with Gasteiger partial charge in [-0.25, -0.2) is 0 Å². The van der Waals surface area contributed by atoms with Gasteiger partial charge in [0.15, 0.2) is 0 Å². The Morgan fingerprint density at radius 2 is 2.43 bits per heavy atom. The summed E-state index contributed by atoms with van der Waals surface area (Å²) < 4.78 is 5.36. The number of hydrogen-bond acceptors (Lipinski definition) is 5. The van der Waals surface area contributed by atoms with E-state index >= 15 is 0 Å². The number of piperidine rings is 1. The molecule has 3 atom stereocenters. The number of likely N-dealkylation sites (tertiary alicyclic amines) is 1. The monoisotopic (exact) mass is 318 g/mol. The Balaban J connectivity index is 1.47. The molecule has 1 aromatic heterocycles. The van der Waals surface area contributed by atoms with Gasteiger partial charge in [-0.05, 0) is 24.5 Å². The second-order valence-corrected chi connectivity index (χ2v) is 6.52. The molecule has 2 N–H and O–H groups in total. The Morgan fingerprint density at radius 1 is 1.52 bits per heavy atom. The molecule has 6 heteroatoms. The van der Waals surface area contributed by atoms with Gasteiger partial charge < -0.3 is 15.4 Å². The lowest BCUT2D eigenvalue weighted by molar-refractivity contribution is -0.127. The summed E-state index contributed by atoms with van der Waals surface area (Å²) in [6.07, 6.45) is 2.82. The van der Waals surface area contributed by atoms with Crippen LogP contribution in [-0.2, 0) is 16.1 Å². The molecule has 0 spiro atoms. The lowest BCUT2D eigenvalue weighted by Crippen LogP contribution is -2.56. The molecule has 0 aliphatic carbocycles. The Labute approximate surface area is 137 Å². The first kappa shape index (κ1) is 16.4. The molecule has 126 valence electrons. The maximum atomic E-state index is 12.3. The van der Waals surface area contributed by atoms with Crippen molar-refractivity contribution in [2.75, 3.05) is 32.8 Å². The van der Waals surface area contributed by atoms with Crippen molar-refractivity contribution >= 4 is 5.91 Å². The summed E-state index contributed by atoms with van der Waals surface area (Å²) in [5, 5.41) is 6.41. The fourth-order valence-corrected chi connectivity index (χ4v) is 3.33. The summed E-state index contributed by atoms with van der Waals surface area (Å²) >= 11 is 0. The van der Waals surface area contributed by atoms with Gasteiger partial charge >= 0.3 is 0 Å². The first-order valence-electron chi connectivity index (χ1n) is 8.46. The fourth-order valence-electron chi connectivity index (χ4n) is 3.33. The number of carbonyl (C=O) groups is 1. The maximum absolute atomic E-state index is 12.3. The van der Waals surface area contributed by atoms with E-state index in [1.807, 2.05) is 18.3 Å². The number of carbonyl (C=O) groups excluding carboxylic acids is 1. The SMILES string of the molecule is C[C@@H]1CN(Cc2ccccn2)CC[C@H]1NC(=O)[C@H]1COCCN1. The van der Waals surface area contributed by atoms with Gasteiger partial charge in [0.1, 0.15) is 6.04 Å². The third-order valence-electron chi connectivity index (χ3n) is 4.67. The van der Waals surface area contributed by atoms with Crippen LogP contribution in [0.1, 0.15) is 19.0 Å². The fraction of sp³-hybridized carbons (Fsp3) is 0.647. The average molecular weight is 318 g/mol. The summed E-state index contributed by atoms with van der Waals surface area (Å²) in [4.78, 5) is 19.1. The molecule has 2 aliphatic heterocycles. The highest BCUT2D eigenvalue weighted by Crippen LogP contribution is 2.18. The van der Waals surface area contributed by atoms with Gasteiger partial charge in [0.2, 0.25) is 5.91 Å². The zero-order valence-corrected chi connectivity index (χ0v) is 13.7. The van der Waals surface area contributed by atoms with E-state index in [-0.39, 0.29) is 18.0 Å². The predicted molar refractivity (Wildman–Crippen MR) is 87.8 cm³/mol. The van der Waals surface area contributed by atoms with Crippen molar-refractivity contribution in [3.63, 3.8) is 0 Å². The molecule has 2 aliphatic rings. The van der Waals surface area contributed by atoms with Gasteiger partial charge in [-0.15, -0.1) is 0 Å². The number of pyridine rings is 1. The smallest absolute Gasteiger partial charge is 0.239 e. The van der Waals surface area contributed by atoms with E-state index in [0.717, 1.165) is 38.3 Å². The van der Waals surface area contributed by atoms with Crippen molar-refractivity contribution < 1.29 is 9.53 Å². The van der Waals surface area contributed by atoms with Crippen molar-refractivity contribution in [2.24, 2.45) is 5.92 Å². The van der Waals surface area contributed by atoms with Gasteiger partial charge in [0.25, 0.3) is 0 Å². The zero-order valence-electron chi connectivity index (χ0n) is 13.7. The van der Waals surface area contributed by atoms with Crippen LogP contribution in [0.15, 0.2) is 24.4 Å². The third-order valence-corrected chi connectivity index (χ3v) is 4.67. The van der Waals surface area contributed by atoms with Crippen molar-refractivity contribution in [3.05, 3.63) is 30.1 Å². The van der Waals surface area contributed by atoms with Crippen LogP contribution in [0.3, 0.4) is 0 Å². The largest absolute Gasteiger partial charge is 0.378 e.